The van der Waals surface area contributed by atoms with E-state index in [4.69, 9.17) is 4.74 Å². The van der Waals surface area contributed by atoms with Crippen LogP contribution >= 0.6 is 0 Å². The topological polar surface area (TPSA) is 42.4 Å². The van der Waals surface area contributed by atoms with Crippen LogP contribution in [0.1, 0.15) is 49.7 Å². The summed E-state index contributed by atoms with van der Waals surface area (Å²) in [5.41, 5.74) is 2.54. The van der Waals surface area contributed by atoms with Gasteiger partial charge in [-0.2, -0.15) is 0 Å². The lowest BCUT2D eigenvalue weighted by Gasteiger charge is -2.46. The molecule has 3 aliphatic heterocycles. The van der Waals surface area contributed by atoms with Crippen molar-refractivity contribution in [1.82, 2.24) is 9.88 Å². The van der Waals surface area contributed by atoms with Gasteiger partial charge in [0.25, 0.3) is 0 Å². The summed E-state index contributed by atoms with van der Waals surface area (Å²) in [6, 6.07) is 17.8. The van der Waals surface area contributed by atoms with Gasteiger partial charge in [-0.1, -0.05) is 30.3 Å². The molecule has 2 bridgehead atoms. The standard InChI is InChI=1S/C29H31FN2O2/c30-23-6-2-5-22(19-23)29(11-14-34-15-12-29)28(33)32-24-9-10-25(32)18-20(17-24)16-21-4-1-8-27-26(21)7-3-13-31-27/h1-8,13,19-20,24-25H,9-12,14-18H2/t24-,25-/m0/s1. The fraction of sp³-hybridized carbons (Fsp3) is 0.448. The molecule has 0 aliphatic carbocycles. The van der Waals surface area contributed by atoms with Crippen molar-refractivity contribution in [2.45, 2.75) is 62.4 Å². The molecular formula is C29H31FN2O2. The van der Waals surface area contributed by atoms with Gasteiger partial charge in [-0.25, -0.2) is 4.39 Å². The van der Waals surface area contributed by atoms with Crippen molar-refractivity contribution in [2.75, 3.05) is 13.2 Å². The number of halogens is 1. The number of aromatic nitrogens is 1. The zero-order valence-corrected chi connectivity index (χ0v) is 19.5. The number of nitrogens with zero attached hydrogens (tertiary/aromatic N) is 2. The molecule has 4 heterocycles. The number of pyridine rings is 1. The molecule has 6 rings (SSSR count). The molecule has 3 aromatic rings. The number of hydrogen-bond donors (Lipinski definition) is 0. The molecule has 34 heavy (non-hydrogen) atoms. The molecule has 0 N–H and O–H groups in total. The highest BCUT2D eigenvalue weighted by atomic mass is 19.1. The Morgan fingerprint density at radius 3 is 2.56 bits per heavy atom. The average Bonchev–Trinajstić information content (AvgIpc) is 3.14. The number of benzene rings is 2. The minimum absolute atomic E-state index is 0.196. The fourth-order valence-electron chi connectivity index (χ4n) is 6.82. The number of piperidine rings is 1. The van der Waals surface area contributed by atoms with Gasteiger partial charge in [0.1, 0.15) is 5.82 Å². The molecule has 0 spiro atoms. The van der Waals surface area contributed by atoms with Gasteiger partial charge in [-0.3, -0.25) is 9.78 Å². The number of carbonyl (C=O) groups is 1. The third kappa shape index (κ3) is 3.70. The first kappa shape index (κ1) is 21.7. The van der Waals surface area contributed by atoms with E-state index in [9.17, 15) is 9.18 Å². The van der Waals surface area contributed by atoms with E-state index in [1.807, 2.05) is 18.3 Å². The number of amides is 1. The maximum Gasteiger partial charge on any atom is 0.233 e. The third-order valence-electron chi connectivity index (χ3n) is 8.44. The molecule has 2 atom stereocenters. The summed E-state index contributed by atoms with van der Waals surface area (Å²) in [7, 11) is 0. The lowest BCUT2D eigenvalue weighted by Crippen LogP contribution is -2.56. The fourth-order valence-corrected chi connectivity index (χ4v) is 6.82. The second-order valence-electron chi connectivity index (χ2n) is 10.3. The van der Waals surface area contributed by atoms with Crippen LogP contribution in [0.15, 0.2) is 60.8 Å². The van der Waals surface area contributed by atoms with Crippen LogP contribution in [-0.2, 0) is 21.4 Å². The van der Waals surface area contributed by atoms with Crippen molar-refractivity contribution >= 4 is 16.8 Å². The van der Waals surface area contributed by atoms with E-state index in [1.165, 1.54) is 17.0 Å². The Hall–Kier alpha value is -2.79. The molecule has 4 nitrogen and oxygen atoms in total. The first-order valence-corrected chi connectivity index (χ1v) is 12.6. The lowest BCUT2D eigenvalue weighted by molar-refractivity contribution is -0.146. The van der Waals surface area contributed by atoms with Crippen molar-refractivity contribution in [3.05, 3.63) is 77.7 Å². The van der Waals surface area contributed by atoms with Crippen molar-refractivity contribution in [3.63, 3.8) is 0 Å². The van der Waals surface area contributed by atoms with Gasteiger partial charge in [-0.05, 0) is 86.3 Å². The van der Waals surface area contributed by atoms with Crippen LogP contribution in [0.25, 0.3) is 10.9 Å². The van der Waals surface area contributed by atoms with Crippen LogP contribution in [0.2, 0.25) is 0 Å². The smallest absolute Gasteiger partial charge is 0.233 e. The van der Waals surface area contributed by atoms with Crippen molar-refractivity contribution in [3.8, 4) is 0 Å². The lowest BCUT2D eigenvalue weighted by atomic mass is 9.72. The Balaban J connectivity index is 1.25. The van der Waals surface area contributed by atoms with Gasteiger partial charge in [0.2, 0.25) is 5.91 Å². The number of rotatable bonds is 4. The summed E-state index contributed by atoms with van der Waals surface area (Å²) in [4.78, 5) is 20.9. The van der Waals surface area contributed by atoms with Crippen LogP contribution < -0.4 is 0 Å². The second-order valence-corrected chi connectivity index (χ2v) is 10.3. The highest BCUT2D eigenvalue weighted by Gasteiger charge is 2.51. The highest BCUT2D eigenvalue weighted by molar-refractivity contribution is 5.89. The average molecular weight is 459 g/mol. The molecule has 3 aliphatic rings. The zero-order chi connectivity index (χ0) is 23.1. The summed E-state index contributed by atoms with van der Waals surface area (Å²) in [5, 5.41) is 1.24. The van der Waals surface area contributed by atoms with Gasteiger partial charge in [0.05, 0.1) is 10.9 Å². The molecule has 3 saturated heterocycles. The summed E-state index contributed by atoms with van der Waals surface area (Å²) >= 11 is 0. The molecule has 176 valence electrons. The first-order chi connectivity index (χ1) is 16.6. The van der Waals surface area contributed by atoms with Crippen LogP contribution in [0.4, 0.5) is 4.39 Å². The molecule has 5 heteroatoms. The number of fused-ring (bicyclic) bond motifs is 3. The van der Waals surface area contributed by atoms with Crippen LogP contribution in [0, 0.1) is 11.7 Å². The van der Waals surface area contributed by atoms with Crippen LogP contribution in [0.3, 0.4) is 0 Å². The Morgan fingerprint density at radius 2 is 1.79 bits per heavy atom. The molecular weight excluding hydrogens is 427 g/mol. The van der Waals surface area contributed by atoms with Crippen LogP contribution in [0.5, 0.6) is 0 Å². The summed E-state index contributed by atoms with van der Waals surface area (Å²) in [6.07, 6.45) is 8.33. The van der Waals surface area contributed by atoms with E-state index in [0.29, 0.717) is 32.0 Å². The summed E-state index contributed by atoms with van der Waals surface area (Å²) < 4.78 is 19.8. The first-order valence-electron chi connectivity index (χ1n) is 12.6. The van der Waals surface area contributed by atoms with Gasteiger partial charge >= 0.3 is 0 Å². The van der Waals surface area contributed by atoms with E-state index in [-0.39, 0.29) is 23.8 Å². The Kier molecular flexibility index (Phi) is 5.60. The number of carbonyl (C=O) groups excluding carboxylic acids is 1. The van der Waals surface area contributed by atoms with Gasteiger partial charge < -0.3 is 9.64 Å². The normalized spacial score (nSPS) is 26.0. The van der Waals surface area contributed by atoms with E-state index < -0.39 is 5.41 Å². The molecule has 1 aromatic heterocycles. The SMILES string of the molecule is O=C(N1[C@H]2CC[C@H]1CC(Cc1cccc3ncccc13)C2)C1(c2cccc(F)c2)CCOCC1. The van der Waals surface area contributed by atoms with Gasteiger partial charge in [0, 0.05) is 36.9 Å². The second kappa shape index (κ2) is 8.77. The predicted octanol–water partition coefficient (Wildman–Crippen LogP) is 5.43. The predicted molar refractivity (Wildman–Crippen MR) is 130 cm³/mol. The molecule has 0 saturated carbocycles. The molecule has 0 unspecified atom stereocenters. The number of hydrogen-bond acceptors (Lipinski definition) is 3. The van der Waals surface area contributed by atoms with E-state index in [0.717, 1.165) is 43.2 Å². The maximum atomic E-state index is 14.2. The van der Waals surface area contributed by atoms with E-state index in [1.54, 1.807) is 12.1 Å². The molecule has 0 radical (unpaired) electrons. The zero-order valence-electron chi connectivity index (χ0n) is 19.5. The van der Waals surface area contributed by atoms with E-state index >= 15 is 0 Å². The Bertz CT molecular complexity index is 1190. The molecule has 2 aromatic carbocycles. The van der Waals surface area contributed by atoms with Crippen molar-refractivity contribution in [1.29, 1.82) is 0 Å². The Labute approximate surface area is 200 Å². The molecule has 3 fully saturated rings. The number of ether oxygens (including phenoxy) is 1. The van der Waals surface area contributed by atoms with Gasteiger partial charge in [-0.15, -0.1) is 0 Å². The monoisotopic (exact) mass is 458 g/mol. The Morgan fingerprint density at radius 1 is 1.03 bits per heavy atom. The van der Waals surface area contributed by atoms with E-state index in [2.05, 4.69) is 34.1 Å². The van der Waals surface area contributed by atoms with Crippen LogP contribution in [-0.4, -0.2) is 41.1 Å². The highest BCUT2D eigenvalue weighted by Crippen LogP contribution is 2.45. The van der Waals surface area contributed by atoms with Gasteiger partial charge in [0.15, 0.2) is 0 Å². The third-order valence-corrected chi connectivity index (χ3v) is 8.44. The summed E-state index contributed by atoms with van der Waals surface area (Å²) in [5.74, 6) is 0.483. The van der Waals surface area contributed by atoms with Crippen molar-refractivity contribution in [2.24, 2.45) is 5.92 Å². The van der Waals surface area contributed by atoms with Crippen molar-refractivity contribution < 1.29 is 13.9 Å². The molecule has 1 amide bonds. The minimum Gasteiger partial charge on any atom is -0.381 e. The maximum absolute atomic E-state index is 14.2. The largest absolute Gasteiger partial charge is 0.381 e. The minimum atomic E-state index is -0.671. The summed E-state index contributed by atoms with van der Waals surface area (Å²) in [6.45, 7) is 1.09. The quantitative estimate of drug-likeness (QED) is 0.523.